The quantitative estimate of drug-likeness (QED) is 0.724. The average molecular weight is 331 g/mol. The highest BCUT2D eigenvalue weighted by Crippen LogP contribution is 2.36. The number of aromatic nitrogens is 1. The fraction of sp³-hybridized carbons (Fsp3) is 0.111. The first-order chi connectivity index (χ1) is 11.3. The number of carboxylic acid groups (broad SMARTS) is 1. The van der Waals surface area contributed by atoms with Gasteiger partial charge in [0.25, 0.3) is 0 Å². The molecule has 3 aromatic rings. The van der Waals surface area contributed by atoms with Gasteiger partial charge in [-0.25, -0.2) is 9.78 Å². The highest BCUT2D eigenvalue weighted by atomic mass is 19.4. The Bertz CT molecular complexity index is 949. The number of fused-ring (bicyclic) bond motifs is 1. The summed E-state index contributed by atoms with van der Waals surface area (Å²) in [6, 6.07) is 12.0. The van der Waals surface area contributed by atoms with Gasteiger partial charge in [0.2, 0.25) is 0 Å². The number of carbonyl (C=O) groups is 1. The lowest BCUT2D eigenvalue weighted by Gasteiger charge is -2.14. The number of halogens is 3. The molecule has 0 atom stereocenters. The summed E-state index contributed by atoms with van der Waals surface area (Å²) >= 11 is 0. The minimum atomic E-state index is -4.59. The molecule has 6 heteroatoms. The molecule has 122 valence electrons. The van der Waals surface area contributed by atoms with Crippen molar-refractivity contribution in [2.24, 2.45) is 0 Å². The summed E-state index contributed by atoms with van der Waals surface area (Å²) in [6.45, 7) is 1.58. The molecule has 0 bridgehead atoms. The van der Waals surface area contributed by atoms with Crippen LogP contribution in [-0.2, 0) is 6.18 Å². The van der Waals surface area contributed by atoms with Crippen LogP contribution in [0.3, 0.4) is 0 Å². The third kappa shape index (κ3) is 2.71. The van der Waals surface area contributed by atoms with Gasteiger partial charge in [0.1, 0.15) is 5.69 Å². The van der Waals surface area contributed by atoms with E-state index in [1.54, 1.807) is 31.2 Å². The smallest absolute Gasteiger partial charge is 0.433 e. The van der Waals surface area contributed by atoms with E-state index in [0.29, 0.717) is 22.1 Å². The molecule has 1 N–H and O–H groups in total. The van der Waals surface area contributed by atoms with Gasteiger partial charge in [-0.3, -0.25) is 0 Å². The molecule has 1 aromatic heterocycles. The first-order valence-corrected chi connectivity index (χ1v) is 7.09. The zero-order valence-electron chi connectivity index (χ0n) is 12.6. The number of carboxylic acids is 1. The first kappa shape index (κ1) is 16.0. The normalized spacial score (nSPS) is 11.7. The molecule has 0 saturated carbocycles. The first-order valence-electron chi connectivity index (χ1n) is 7.09. The van der Waals surface area contributed by atoms with Crippen molar-refractivity contribution in [2.45, 2.75) is 13.1 Å². The fourth-order valence-electron chi connectivity index (χ4n) is 2.70. The van der Waals surface area contributed by atoms with Crippen molar-refractivity contribution in [1.82, 2.24) is 4.98 Å². The van der Waals surface area contributed by atoms with E-state index in [1.807, 2.05) is 0 Å². The van der Waals surface area contributed by atoms with Gasteiger partial charge >= 0.3 is 12.1 Å². The lowest BCUT2D eigenvalue weighted by Crippen LogP contribution is -2.09. The maximum absolute atomic E-state index is 13.2. The number of pyridine rings is 1. The van der Waals surface area contributed by atoms with Crippen molar-refractivity contribution >= 4 is 16.9 Å². The third-order valence-corrected chi connectivity index (χ3v) is 3.86. The molecule has 2 aromatic carbocycles. The SMILES string of the molecule is Cc1c(C(=O)O)cccc1-c1cc(C(F)(F)F)nc2ccccc12. The average Bonchev–Trinajstić information content (AvgIpc) is 2.53. The van der Waals surface area contributed by atoms with Crippen LogP contribution in [0.5, 0.6) is 0 Å². The molecule has 1 heterocycles. The van der Waals surface area contributed by atoms with E-state index in [2.05, 4.69) is 4.98 Å². The van der Waals surface area contributed by atoms with E-state index in [1.165, 1.54) is 18.2 Å². The molecule has 0 aliphatic heterocycles. The largest absolute Gasteiger partial charge is 0.478 e. The van der Waals surface area contributed by atoms with Crippen LogP contribution in [-0.4, -0.2) is 16.1 Å². The molecule has 0 aliphatic carbocycles. The summed E-state index contributed by atoms with van der Waals surface area (Å²) in [5, 5.41) is 9.78. The van der Waals surface area contributed by atoms with Gasteiger partial charge < -0.3 is 5.11 Å². The molecular formula is C18H12F3NO2. The Balaban J connectivity index is 2.38. The van der Waals surface area contributed by atoms with Gasteiger partial charge in [0.05, 0.1) is 11.1 Å². The second-order valence-electron chi connectivity index (χ2n) is 5.35. The van der Waals surface area contributed by atoms with E-state index in [0.717, 1.165) is 6.07 Å². The number of para-hydroxylation sites is 1. The molecule has 0 amide bonds. The predicted octanol–water partition coefficient (Wildman–Crippen LogP) is 4.93. The van der Waals surface area contributed by atoms with E-state index < -0.39 is 17.8 Å². The Kier molecular flexibility index (Phi) is 3.75. The van der Waals surface area contributed by atoms with Crippen molar-refractivity contribution in [2.75, 3.05) is 0 Å². The second-order valence-corrected chi connectivity index (χ2v) is 5.35. The van der Waals surface area contributed by atoms with Gasteiger partial charge in [-0.15, -0.1) is 0 Å². The number of hydrogen-bond donors (Lipinski definition) is 1. The molecule has 0 unspecified atom stereocenters. The summed E-state index contributed by atoms with van der Waals surface area (Å²) in [7, 11) is 0. The van der Waals surface area contributed by atoms with Crippen LogP contribution >= 0.6 is 0 Å². The summed E-state index contributed by atoms with van der Waals surface area (Å²) in [5.74, 6) is -1.12. The van der Waals surface area contributed by atoms with Crippen LogP contribution in [0.1, 0.15) is 21.6 Å². The Morgan fingerprint density at radius 2 is 1.75 bits per heavy atom. The molecule has 24 heavy (non-hydrogen) atoms. The number of alkyl halides is 3. The van der Waals surface area contributed by atoms with E-state index >= 15 is 0 Å². The molecule has 0 spiro atoms. The van der Waals surface area contributed by atoms with Gasteiger partial charge in [-0.05, 0) is 41.8 Å². The summed E-state index contributed by atoms with van der Waals surface area (Å²) in [6.07, 6.45) is -4.59. The second kappa shape index (κ2) is 5.63. The molecule has 0 saturated heterocycles. The lowest BCUT2D eigenvalue weighted by molar-refractivity contribution is -0.140. The molecule has 0 radical (unpaired) electrons. The van der Waals surface area contributed by atoms with E-state index in [9.17, 15) is 23.1 Å². The number of rotatable bonds is 2. The van der Waals surface area contributed by atoms with Crippen LogP contribution < -0.4 is 0 Å². The standard InChI is InChI=1S/C18H12F3NO2/c1-10-11(6-4-7-12(10)17(23)24)14-9-16(18(19,20)21)22-15-8-3-2-5-13(14)15/h2-9H,1H3,(H,23,24). The zero-order chi connectivity index (χ0) is 17.5. The van der Waals surface area contributed by atoms with Crippen LogP contribution in [0, 0.1) is 6.92 Å². The predicted molar refractivity (Wildman–Crippen MR) is 83.9 cm³/mol. The van der Waals surface area contributed by atoms with Crippen molar-refractivity contribution in [3.8, 4) is 11.1 Å². The van der Waals surface area contributed by atoms with Gasteiger partial charge in [-0.1, -0.05) is 30.3 Å². The fourth-order valence-corrected chi connectivity index (χ4v) is 2.70. The van der Waals surface area contributed by atoms with Gasteiger partial charge in [0.15, 0.2) is 0 Å². The van der Waals surface area contributed by atoms with E-state index in [4.69, 9.17) is 0 Å². The topological polar surface area (TPSA) is 50.2 Å². The Hall–Kier alpha value is -2.89. The Morgan fingerprint density at radius 3 is 2.42 bits per heavy atom. The molecule has 0 fully saturated rings. The lowest BCUT2D eigenvalue weighted by atomic mass is 9.93. The summed E-state index contributed by atoms with van der Waals surface area (Å²) in [4.78, 5) is 15.0. The number of benzene rings is 2. The summed E-state index contributed by atoms with van der Waals surface area (Å²) in [5.41, 5.74) is 0.433. The Morgan fingerprint density at radius 1 is 1.04 bits per heavy atom. The highest BCUT2D eigenvalue weighted by molar-refractivity contribution is 5.98. The maximum Gasteiger partial charge on any atom is 0.433 e. The minimum Gasteiger partial charge on any atom is -0.478 e. The number of nitrogens with zero attached hydrogens (tertiary/aromatic N) is 1. The molecule has 3 nitrogen and oxygen atoms in total. The van der Waals surface area contributed by atoms with Crippen LogP contribution in [0.4, 0.5) is 13.2 Å². The van der Waals surface area contributed by atoms with Crippen molar-refractivity contribution in [3.05, 3.63) is 65.4 Å². The minimum absolute atomic E-state index is 0.0574. The van der Waals surface area contributed by atoms with Crippen molar-refractivity contribution in [1.29, 1.82) is 0 Å². The summed E-state index contributed by atoms with van der Waals surface area (Å²) < 4.78 is 39.5. The number of hydrogen-bond acceptors (Lipinski definition) is 2. The van der Waals surface area contributed by atoms with Crippen LogP contribution in [0.15, 0.2) is 48.5 Å². The number of aromatic carboxylic acids is 1. The molecular weight excluding hydrogens is 319 g/mol. The monoisotopic (exact) mass is 331 g/mol. The van der Waals surface area contributed by atoms with Crippen LogP contribution in [0.25, 0.3) is 22.0 Å². The van der Waals surface area contributed by atoms with Crippen molar-refractivity contribution in [3.63, 3.8) is 0 Å². The van der Waals surface area contributed by atoms with E-state index in [-0.39, 0.29) is 11.1 Å². The van der Waals surface area contributed by atoms with Gasteiger partial charge in [-0.2, -0.15) is 13.2 Å². The molecule has 3 rings (SSSR count). The zero-order valence-corrected chi connectivity index (χ0v) is 12.6. The van der Waals surface area contributed by atoms with Crippen molar-refractivity contribution < 1.29 is 23.1 Å². The molecule has 0 aliphatic rings. The highest BCUT2D eigenvalue weighted by Gasteiger charge is 2.33. The maximum atomic E-state index is 13.2. The van der Waals surface area contributed by atoms with Crippen LogP contribution in [0.2, 0.25) is 0 Å². The Labute approximate surface area is 135 Å². The third-order valence-electron chi connectivity index (χ3n) is 3.86. The van der Waals surface area contributed by atoms with Gasteiger partial charge in [0, 0.05) is 5.39 Å².